The molecule has 7 nitrogen and oxygen atoms in total. The van der Waals surface area contributed by atoms with E-state index >= 15 is 0 Å². The predicted molar refractivity (Wildman–Crippen MR) is 113 cm³/mol. The van der Waals surface area contributed by atoms with E-state index < -0.39 is 5.79 Å². The maximum Gasteiger partial charge on any atom is 0.226 e. The van der Waals surface area contributed by atoms with E-state index in [1.807, 2.05) is 75.5 Å². The molecule has 1 fully saturated rings. The van der Waals surface area contributed by atoms with Gasteiger partial charge in [-0.3, -0.25) is 0 Å². The van der Waals surface area contributed by atoms with Crippen LogP contribution in [0.4, 0.5) is 0 Å². The van der Waals surface area contributed by atoms with Crippen LogP contribution in [0.2, 0.25) is 0 Å². The molecular formula is C23H25N3O4. The summed E-state index contributed by atoms with van der Waals surface area (Å²) in [4.78, 5) is 5.50. The maximum absolute atomic E-state index is 5.98. The summed E-state index contributed by atoms with van der Waals surface area (Å²) in [6, 6.07) is 17.5. The van der Waals surface area contributed by atoms with E-state index in [-0.39, 0.29) is 0 Å². The monoisotopic (exact) mass is 407 g/mol. The van der Waals surface area contributed by atoms with Crippen molar-refractivity contribution in [3.8, 4) is 11.6 Å². The molecule has 0 N–H and O–H groups in total. The average molecular weight is 407 g/mol. The van der Waals surface area contributed by atoms with Crippen LogP contribution >= 0.6 is 0 Å². The molecule has 2 aromatic carbocycles. The molecule has 156 valence electrons. The number of ether oxygens (including phenoxy) is 3. The van der Waals surface area contributed by atoms with E-state index in [2.05, 4.69) is 10.3 Å². The Bertz CT molecular complexity index is 1010. The fourth-order valence-electron chi connectivity index (χ4n) is 3.31. The van der Waals surface area contributed by atoms with E-state index in [9.17, 15) is 0 Å². The number of hydrogen-bond acceptors (Lipinski definition) is 6. The van der Waals surface area contributed by atoms with Gasteiger partial charge in [0.1, 0.15) is 12.4 Å². The second kappa shape index (κ2) is 8.69. The van der Waals surface area contributed by atoms with Gasteiger partial charge in [-0.25, -0.2) is 4.68 Å². The van der Waals surface area contributed by atoms with Crippen LogP contribution in [0.1, 0.15) is 29.3 Å². The molecule has 4 rings (SSSR count). The molecule has 0 bridgehead atoms. The van der Waals surface area contributed by atoms with Crippen molar-refractivity contribution >= 4 is 6.21 Å². The number of para-hydroxylation sites is 1. The minimum Gasteiger partial charge on any atom is -0.439 e. The van der Waals surface area contributed by atoms with Gasteiger partial charge in [0.15, 0.2) is 5.79 Å². The summed E-state index contributed by atoms with van der Waals surface area (Å²) in [7, 11) is 1.84. The minimum atomic E-state index is -0.662. The van der Waals surface area contributed by atoms with Gasteiger partial charge in [-0.05, 0) is 31.5 Å². The van der Waals surface area contributed by atoms with Crippen LogP contribution in [0.25, 0.3) is 0 Å². The molecule has 30 heavy (non-hydrogen) atoms. The van der Waals surface area contributed by atoms with Crippen LogP contribution in [0.3, 0.4) is 0 Å². The summed E-state index contributed by atoms with van der Waals surface area (Å²) in [6.07, 6.45) is 1.64. The van der Waals surface area contributed by atoms with Gasteiger partial charge in [0.2, 0.25) is 5.88 Å². The lowest BCUT2D eigenvalue weighted by Gasteiger charge is -2.22. The summed E-state index contributed by atoms with van der Waals surface area (Å²) in [6.45, 7) is 5.41. The Hall–Kier alpha value is -3.16. The van der Waals surface area contributed by atoms with Crippen molar-refractivity contribution in [1.82, 2.24) is 9.78 Å². The van der Waals surface area contributed by atoms with Gasteiger partial charge in [-0.15, -0.1) is 0 Å². The fraction of sp³-hybridized carbons (Fsp3) is 0.304. The van der Waals surface area contributed by atoms with Crippen LogP contribution in [-0.4, -0.2) is 29.2 Å². The third-order valence-electron chi connectivity index (χ3n) is 4.98. The molecule has 1 aliphatic heterocycles. The van der Waals surface area contributed by atoms with E-state index in [1.54, 1.807) is 10.9 Å². The molecule has 2 heterocycles. The summed E-state index contributed by atoms with van der Waals surface area (Å²) >= 11 is 0. The first-order valence-electron chi connectivity index (χ1n) is 9.84. The first-order valence-corrected chi connectivity index (χ1v) is 9.84. The van der Waals surface area contributed by atoms with Crippen molar-refractivity contribution in [2.24, 2.45) is 12.2 Å². The summed E-state index contributed by atoms with van der Waals surface area (Å²) in [5, 5.41) is 8.54. The van der Waals surface area contributed by atoms with Gasteiger partial charge in [-0.1, -0.05) is 47.6 Å². The number of hydrogen-bond donors (Lipinski definition) is 0. The summed E-state index contributed by atoms with van der Waals surface area (Å²) in [5.41, 5.74) is 3.58. The van der Waals surface area contributed by atoms with Crippen molar-refractivity contribution in [2.75, 3.05) is 13.2 Å². The molecule has 0 saturated carbocycles. The second-order valence-electron chi connectivity index (χ2n) is 7.19. The Balaban J connectivity index is 1.39. The zero-order valence-electron chi connectivity index (χ0n) is 17.4. The fourth-order valence-corrected chi connectivity index (χ4v) is 3.31. The molecule has 7 heteroatoms. The zero-order valence-corrected chi connectivity index (χ0v) is 17.4. The third kappa shape index (κ3) is 4.37. The highest BCUT2D eigenvalue weighted by molar-refractivity contribution is 5.84. The van der Waals surface area contributed by atoms with E-state index in [0.717, 1.165) is 28.1 Å². The first-order chi connectivity index (χ1) is 14.5. The Morgan fingerprint density at radius 2 is 1.80 bits per heavy atom. The number of rotatable bonds is 7. The molecule has 3 aromatic rings. The van der Waals surface area contributed by atoms with Crippen molar-refractivity contribution in [1.29, 1.82) is 0 Å². The quantitative estimate of drug-likeness (QED) is 0.432. The third-order valence-corrected chi connectivity index (χ3v) is 4.98. The lowest BCUT2D eigenvalue weighted by atomic mass is 10.1. The van der Waals surface area contributed by atoms with Crippen molar-refractivity contribution in [3.05, 3.63) is 77.0 Å². The van der Waals surface area contributed by atoms with Crippen molar-refractivity contribution in [2.45, 2.75) is 26.2 Å². The standard InChI is InChI=1S/C23H25N3O4/c1-17-21(22(26(3)25-17)30-20-7-5-4-6-8-20)15-24-29-16-18-9-11-19(12-10-18)23(2)27-13-14-28-23/h4-12,15H,13-14,16H2,1-3H3/b24-15+. The maximum atomic E-state index is 5.98. The molecule has 0 radical (unpaired) electrons. The summed E-state index contributed by atoms with van der Waals surface area (Å²) in [5.74, 6) is 0.685. The topological polar surface area (TPSA) is 67.1 Å². The van der Waals surface area contributed by atoms with Gasteiger partial charge < -0.3 is 19.0 Å². The normalized spacial score (nSPS) is 15.6. The Morgan fingerprint density at radius 3 is 2.50 bits per heavy atom. The van der Waals surface area contributed by atoms with Crippen LogP contribution in [0.15, 0.2) is 59.8 Å². The SMILES string of the molecule is Cc1nn(C)c(Oc2ccccc2)c1/C=N/OCc1ccc(C2(C)OCCO2)cc1. The van der Waals surface area contributed by atoms with Crippen LogP contribution in [0, 0.1) is 6.92 Å². The lowest BCUT2D eigenvalue weighted by Crippen LogP contribution is -2.22. The number of benzene rings is 2. The molecule has 0 amide bonds. The van der Waals surface area contributed by atoms with Gasteiger partial charge in [0, 0.05) is 12.6 Å². The predicted octanol–water partition coefficient (Wildman–Crippen LogP) is 4.29. The van der Waals surface area contributed by atoms with Crippen molar-refractivity contribution in [3.63, 3.8) is 0 Å². The highest BCUT2D eigenvalue weighted by Crippen LogP contribution is 2.31. The number of aromatic nitrogens is 2. The van der Waals surface area contributed by atoms with E-state index in [0.29, 0.717) is 25.7 Å². The minimum absolute atomic E-state index is 0.351. The second-order valence-corrected chi connectivity index (χ2v) is 7.19. The molecule has 1 saturated heterocycles. The van der Waals surface area contributed by atoms with Crippen LogP contribution in [-0.2, 0) is 33.8 Å². The van der Waals surface area contributed by atoms with Crippen LogP contribution < -0.4 is 4.74 Å². The number of nitrogens with zero attached hydrogens (tertiary/aromatic N) is 3. The Morgan fingerprint density at radius 1 is 1.10 bits per heavy atom. The molecule has 0 aliphatic carbocycles. The zero-order chi connectivity index (χ0) is 21.0. The molecule has 1 aromatic heterocycles. The highest BCUT2D eigenvalue weighted by Gasteiger charge is 2.32. The van der Waals surface area contributed by atoms with E-state index in [4.69, 9.17) is 19.0 Å². The molecule has 0 atom stereocenters. The molecule has 0 spiro atoms. The highest BCUT2D eigenvalue weighted by atomic mass is 16.7. The van der Waals surface area contributed by atoms with Gasteiger partial charge in [0.05, 0.1) is 30.7 Å². The number of aryl methyl sites for hydroxylation is 2. The van der Waals surface area contributed by atoms with Gasteiger partial charge in [-0.2, -0.15) is 5.10 Å². The largest absolute Gasteiger partial charge is 0.439 e. The summed E-state index contributed by atoms with van der Waals surface area (Å²) < 4.78 is 19.0. The smallest absolute Gasteiger partial charge is 0.226 e. The Kier molecular flexibility index (Phi) is 5.83. The van der Waals surface area contributed by atoms with Crippen molar-refractivity contribution < 1.29 is 19.0 Å². The van der Waals surface area contributed by atoms with Gasteiger partial charge >= 0.3 is 0 Å². The first kappa shape index (κ1) is 20.1. The molecular weight excluding hydrogens is 382 g/mol. The lowest BCUT2D eigenvalue weighted by molar-refractivity contribution is -0.149. The number of oxime groups is 1. The average Bonchev–Trinajstić information content (AvgIpc) is 3.31. The van der Waals surface area contributed by atoms with E-state index in [1.165, 1.54) is 0 Å². The van der Waals surface area contributed by atoms with Gasteiger partial charge in [0.25, 0.3) is 0 Å². The Labute approximate surface area is 175 Å². The van der Waals surface area contributed by atoms with Crippen LogP contribution in [0.5, 0.6) is 11.6 Å². The molecule has 1 aliphatic rings. The molecule has 0 unspecified atom stereocenters.